The Labute approximate surface area is 110 Å². The Morgan fingerprint density at radius 3 is 3.00 bits per heavy atom. The molecule has 96 valence electrons. The van der Waals surface area contributed by atoms with Crippen LogP contribution in [0.2, 0.25) is 0 Å². The summed E-state index contributed by atoms with van der Waals surface area (Å²) in [7, 11) is 1.90. The Morgan fingerprint density at radius 1 is 1.42 bits per heavy atom. The van der Waals surface area contributed by atoms with Crippen LogP contribution >= 0.6 is 0 Å². The van der Waals surface area contributed by atoms with Gasteiger partial charge in [-0.05, 0) is 12.1 Å². The number of rotatable bonds is 3. The van der Waals surface area contributed by atoms with Gasteiger partial charge in [-0.15, -0.1) is 0 Å². The first-order valence-corrected chi connectivity index (χ1v) is 6.06. The second-order valence-corrected chi connectivity index (χ2v) is 4.41. The van der Waals surface area contributed by atoms with Gasteiger partial charge in [0.25, 0.3) is 5.91 Å². The maximum atomic E-state index is 12.0. The van der Waals surface area contributed by atoms with E-state index in [1.54, 1.807) is 6.20 Å². The number of H-pyrrole nitrogens is 1. The highest BCUT2D eigenvalue weighted by molar-refractivity contribution is 5.97. The standard InChI is InChI=1S/C14H14N4O/c1-18-7-6-15-13(18)9-16-14(19)12-8-10-4-2-3-5-11(10)17-12/h2-8,17H,9H2,1H3,(H,16,19). The number of hydrogen-bond acceptors (Lipinski definition) is 2. The maximum Gasteiger partial charge on any atom is 0.268 e. The predicted octanol–water partition coefficient (Wildman–Crippen LogP) is 1.83. The topological polar surface area (TPSA) is 62.7 Å². The molecule has 2 N–H and O–H groups in total. The Kier molecular flexibility index (Phi) is 2.79. The number of carbonyl (C=O) groups excluding carboxylic acids is 1. The van der Waals surface area contributed by atoms with Crippen molar-refractivity contribution in [3.05, 3.63) is 54.2 Å². The van der Waals surface area contributed by atoms with Gasteiger partial charge in [0.15, 0.2) is 0 Å². The van der Waals surface area contributed by atoms with Crippen LogP contribution in [0.3, 0.4) is 0 Å². The molecule has 3 aromatic rings. The first-order valence-electron chi connectivity index (χ1n) is 6.06. The van der Waals surface area contributed by atoms with Gasteiger partial charge in [-0.2, -0.15) is 0 Å². The number of para-hydroxylation sites is 1. The molecule has 0 bridgehead atoms. The van der Waals surface area contributed by atoms with E-state index in [-0.39, 0.29) is 5.91 Å². The molecule has 0 aliphatic carbocycles. The highest BCUT2D eigenvalue weighted by atomic mass is 16.1. The summed E-state index contributed by atoms with van der Waals surface area (Å²) in [5, 5.41) is 3.88. The van der Waals surface area contributed by atoms with Crippen LogP contribution in [0.1, 0.15) is 16.3 Å². The molecule has 0 radical (unpaired) electrons. The smallest absolute Gasteiger partial charge is 0.268 e. The van der Waals surface area contributed by atoms with Crippen molar-refractivity contribution in [1.29, 1.82) is 0 Å². The van der Waals surface area contributed by atoms with Crippen molar-refractivity contribution >= 4 is 16.8 Å². The second-order valence-electron chi connectivity index (χ2n) is 4.41. The normalized spacial score (nSPS) is 10.8. The van der Waals surface area contributed by atoms with Gasteiger partial charge in [-0.25, -0.2) is 4.98 Å². The van der Waals surface area contributed by atoms with Crippen molar-refractivity contribution < 1.29 is 4.79 Å². The average molecular weight is 254 g/mol. The third-order valence-electron chi connectivity index (χ3n) is 3.10. The fourth-order valence-electron chi connectivity index (χ4n) is 2.02. The number of aryl methyl sites for hydroxylation is 1. The minimum absolute atomic E-state index is 0.126. The molecule has 5 heteroatoms. The number of aromatic nitrogens is 3. The van der Waals surface area contributed by atoms with Gasteiger partial charge in [-0.3, -0.25) is 4.79 Å². The van der Waals surface area contributed by atoms with Crippen LogP contribution in [-0.2, 0) is 13.6 Å². The van der Waals surface area contributed by atoms with Gasteiger partial charge in [0.05, 0.1) is 6.54 Å². The van der Waals surface area contributed by atoms with Crippen molar-refractivity contribution in [3.8, 4) is 0 Å². The number of nitrogens with zero attached hydrogens (tertiary/aromatic N) is 2. The number of fused-ring (bicyclic) bond motifs is 1. The highest BCUT2D eigenvalue weighted by Gasteiger charge is 2.09. The summed E-state index contributed by atoms with van der Waals surface area (Å²) in [5.41, 5.74) is 1.53. The SMILES string of the molecule is Cn1ccnc1CNC(=O)c1cc2ccccc2[nH]1. The van der Waals surface area contributed by atoms with E-state index in [1.165, 1.54) is 0 Å². The van der Waals surface area contributed by atoms with Crippen LogP contribution in [-0.4, -0.2) is 20.4 Å². The molecule has 0 aliphatic rings. The van der Waals surface area contributed by atoms with E-state index in [1.807, 2.05) is 48.1 Å². The van der Waals surface area contributed by atoms with Crippen molar-refractivity contribution in [2.24, 2.45) is 7.05 Å². The molecule has 0 unspecified atom stereocenters. The van der Waals surface area contributed by atoms with Gasteiger partial charge in [0, 0.05) is 30.3 Å². The third-order valence-corrected chi connectivity index (χ3v) is 3.10. The van der Waals surface area contributed by atoms with E-state index < -0.39 is 0 Å². The van der Waals surface area contributed by atoms with Gasteiger partial charge in [0.2, 0.25) is 0 Å². The summed E-state index contributed by atoms with van der Waals surface area (Å²) in [4.78, 5) is 19.3. The lowest BCUT2D eigenvalue weighted by Crippen LogP contribution is -2.24. The average Bonchev–Trinajstić information content (AvgIpc) is 3.01. The van der Waals surface area contributed by atoms with E-state index >= 15 is 0 Å². The fourth-order valence-corrected chi connectivity index (χ4v) is 2.02. The Balaban J connectivity index is 1.75. The molecule has 1 aromatic carbocycles. The molecule has 3 rings (SSSR count). The molecule has 0 saturated heterocycles. The predicted molar refractivity (Wildman–Crippen MR) is 72.7 cm³/mol. The summed E-state index contributed by atoms with van der Waals surface area (Å²) >= 11 is 0. The minimum atomic E-state index is -0.126. The molecule has 0 saturated carbocycles. The van der Waals surface area contributed by atoms with Gasteiger partial charge in [-0.1, -0.05) is 18.2 Å². The monoisotopic (exact) mass is 254 g/mol. The van der Waals surface area contributed by atoms with Gasteiger partial charge >= 0.3 is 0 Å². The molecule has 0 spiro atoms. The van der Waals surface area contributed by atoms with Crippen molar-refractivity contribution in [2.45, 2.75) is 6.54 Å². The van der Waals surface area contributed by atoms with Gasteiger partial charge in [0.1, 0.15) is 11.5 Å². The molecular weight excluding hydrogens is 240 g/mol. The number of hydrogen-bond donors (Lipinski definition) is 2. The molecule has 5 nitrogen and oxygen atoms in total. The maximum absolute atomic E-state index is 12.0. The fraction of sp³-hybridized carbons (Fsp3) is 0.143. The van der Waals surface area contributed by atoms with Crippen LogP contribution in [0, 0.1) is 0 Å². The highest BCUT2D eigenvalue weighted by Crippen LogP contribution is 2.14. The van der Waals surface area contributed by atoms with E-state index in [2.05, 4.69) is 15.3 Å². The lowest BCUT2D eigenvalue weighted by molar-refractivity contribution is 0.0945. The molecule has 19 heavy (non-hydrogen) atoms. The van der Waals surface area contributed by atoms with Gasteiger partial charge < -0.3 is 14.9 Å². The number of aromatic amines is 1. The molecule has 1 amide bonds. The van der Waals surface area contributed by atoms with Crippen LogP contribution in [0.25, 0.3) is 10.9 Å². The van der Waals surface area contributed by atoms with E-state index in [9.17, 15) is 4.79 Å². The Bertz CT molecular complexity index is 693. The Hall–Kier alpha value is -2.56. The summed E-state index contributed by atoms with van der Waals surface area (Å²) in [6, 6.07) is 9.66. The zero-order valence-electron chi connectivity index (χ0n) is 10.6. The van der Waals surface area contributed by atoms with Crippen LogP contribution in [0.15, 0.2) is 42.7 Å². The quantitative estimate of drug-likeness (QED) is 0.749. The number of amides is 1. The zero-order chi connectivity index (χ0) is 13.2. The van der Waals surface area contributed by atoms with Crippen LogP contribution in [0.5, 0.6) is 0 Å². The first-order chi connectivity index (χ1) is 9.24. The summed E-state index contributed by atoms with van der Waals surface area (Å²) in [6.45, 7) is 0.414. The van der Waals surface area contributed by atoms with Crippen LogP contribution < -0.4 is 5.32 Å². The molecule has 0 atom stereocenters. The van der Waals surface area contributed by atoms with E-state index in [0.29, 0.717) is 12.2 Å². The molecular formula is C14H14N4O. The largest absolute Gasteiger partial charge is 0.351 e. The Morgan fingerprint density at radius 2 is 2.26 bits per heavy atom. The molecule has 2 aromatic heterocycles. The van der Waals surface area contributed by atoms with E-state index in [0.717, 1.165) is 16.7 Å². The lowest BCUT2D eigenvalue weighted by Gasteiger charge is -2.03. The molecule has 2 heterocycles. The number of carbonyl (C=O) groups is 1. The minimum Gasteiger partial charge on any atom is -0.351 e. The van der Waals surface area contributed by atoms with Crippen LogP contribution in [0.4, 0.5) is 0 Å². The zero-order valence-corrected chi connectivity index (χ0v) is 10.6. The number of nitrogens with one attached hydrogen (secondary N) is 2. The molecule has 0 aliphatic heterocycles. The van der Waals surface area contributed by atoms with Crippen molar-refractivity contribution in [2.75, 3.05) is 0 Å². The molecule has 0 fully saturated rings. The number of imidazole rings is 1. The second kappa shape index (κ2) is 4.61. The third kappa shape index (κ3) is 2.22. The van der Waals surface area contributed by atoms with E-state index in [4.69, 9.17) is 0 Å². The number of benzene rings is 1. The lowest BCUT2D eigenvalue weighted by atomic mass is 10.2. The first kappa shape index (κ1) is 11.5. The summed E-state index contributed by atoms with van der Waals surface area (Å²) in [6.07, 6.45) is 3.56. The summed E-state index contributed by atoms with van der Waals surface area (Å²) in [5.74, 6) is 0.698. The summed E-state index contributed by atoms with van der Waals surface area (Å²) < 4.78 is 1.88. The van der Waals surface area contributed by atoms with Crippen molar-refractivity contribution in [1.82, 2.24) is 19.9 Å². The van der Waals surface area contributed by atoms with Crippen molar-refractivity contribution in [3.63, 3.8) is 0 Å².